The second-order valence-electron chi connectivity index (χ2n) is 6.12. The second kappa shape index (κ2) is 7.28. The van der Waals surface area contributed by atoms with E-state index in [1.807, 2.05) is 0 Å². The molecule has 1 heterocycles. The number of carbonyl (C=O) groups is 3. The molecular weight excluding hydrogens is 364 g/mol. The standard InChI is InChI=1S/C17H17F2N3O3S/c1-8(14(20)24)15(25)22-16-21-13(17(2,3)19)12(26-16)11(23)9-4-6-10(18)7-5-9/h4-8H,1-3H3,(H2,20,24)(H,21,22,25). The van der Waals surface area contributed by atoms with E-state index in [0.717, 1.165) is 23.5 Å². The van der Waals surface area contributed by atoms with Crippen molar-refractivity contribution in [2.75, 3.05) is 5.32 Å². The van der Waals surface area contributed by atoms with Gasteiger partial charge in [0.15, 0.2) is 5.13 Å². The Kier molecular flexibility index (Phi) is 5.50. The highest BCUT2D eigenvalue weighted by molar-refractivity contribution is 7.18. The lowest BCUT2D eigenvalue weighted by atomic mass is 10.0. The molecule has 0 radical (unpaired) electrons. The molecule has 2 rings (SSSR count). The fourth-order valence-corrected chi connectivity index (χ4v) is 3.08. The van der Waals surface area contributed by atoms with Crippen LogP contribution in [-0.4, -0.2) is 22.6 Å². The van der Waals surface area contributed by atoms with Crippen molar-refractivity contribution in [2.45, 2.75) is 26.4 Å². The van der Waals surface area contributed by atoms with Gasteiger partial charge >= 0.3 is 0 Å². The molecule has 2 amide bonds. The van der Waals surface area contributed by atoms with Crippen LogP contribution in [0.2, 0.25) is 0 Å². The zero-order chi connectivity index (χ0) is 19.6. The third-order valence-electron chi connectivity index (χ3n) is 3.55. The number of benzene rings is 1. The van der Waals surface area contributed by atoms with Crippen molar-refractivity contribution in [1.82, 2.24) is 4.98 Å². The summed E-state index contributed by atoms with van der Waals surface area (Å²) in [6, 6.07) is 4.79. The first-order chi connectivity index (χ1) is 12.0. The molecule has 2 aromatic rings. The Hall–Kier alpha value is -2.68. The fourth-order valence-electron chi connectivity index (χ4n) is 2.01. The number of nitrogens with zero attached hydrogens (tertiary/aromatic N) is 1. The van der Waals surface area contributed by atoms with Crippen LogP contribution in [0.25, 0.3) is 0 Å². The molecule has 0 saturated carbocycles. The van der Waals surface area contributed by atoms with Gasteiger partial charge in [-0.15, -0.1) is 0 Å². The van der Waals surface area contributed by atoms with Gasteiger partial charge in [-0.1, -0.05) is 11.3 Å². The van der Waals surface area contributed by atoms with E-state index in [1.54, 1.807) is 0 Å². The number of rotatable bonds is 6. The number of primary amides is 1. The van der Waals surface area contributed by atoms with Crippen LogP contribution in [0.5, 0.6) is 0 Å². The molecule has 0 aliphatic carbocycles. The van der Waals surface area contributed by atoms with Gasteiger partial charge in [-0.3, -0.25) is 14.4 Å². The Labute approximate surface area is 152 Å². The van der Waals surface area contributed by atoms with E-state index >= 15 is 0 Å². The molecule has 6 nitrogen and oxygen atoms in total. The molecule has 0 bridgehead atoms. The van der Waals surface area contributed by atoms with Gasteiger partial charge < -0.3 is 11.1 Å². The molecular formula is C17H17F2N3O3S. The minimum absolute atomic E-state index is 0.0221. The van der Waals surface area contributed by atoms with E-state index in [2.05, 4.69) is 10.3 Å². The SMILES string of the molecule is CC(C(N)=O)C(=O)Nc1nc(C(C)(C)F)c(C(=O)c2ccc(F)cc2)s1. The topological polar surface area (TPSA) is 102 Å². The number of nitrogens with one attached hydrogen (secondary N) is 1. The van der Waals surface area contributed by atoms with Gasteiger partial charge in [0.05, 0.1) is 0 Å². The maximum atomic E-state index is 14.5. The van der Waals surface area contributed by atoms with Crippen LogP contribution in [0.15, 0.2) is 24.3 Å². The van der Waals surface area contributed by atoms with E-state index in [-0.39, 0.29) is 21.3 Å². The predicted octanol–water partition coefficient (Wildman–Crippen LogP) is 2.78. The van der Waals surface area contributed by atoms with Crippen molar-refractivity contribution < 1.29 is 23.2 Å². The van der Waals surface area contributed by atoms with E-state index in [9.17, 15) is 23.2 Å². The largest absolute Gasteiger partial charge is 0.369 e. The number of ketones is 1. The highest BCUT2D eigenvalue weighted by Crippen LogP contribution is 2.35. The van der Waals surface area contributed by atoms with Crippen molar-refractivity contribution in [3.05, 3.63) is 46.2 Å². The summed E-state index contributed by atoms with van der Waals surface area (Å²) >= 11 is 0.773. The molecule has 1 aromatic heterocycles. The van der Waals surface area contributed by atoms with Crippen LogP contribution in [-0.2, 0) is 15.3 Å². The molecule has 0 fully saturated rings. The molecule has 0 saturated heterocycles. The van der Waals surface area contributed by atoms with E-state index in [4.69, 9.17) is 5.73 Å². The number of alkyl halides is 1. The molecule has 1 unspecified atom stereocenters. The first-order valence-electron chi connectivity index (χ1n) is 7.61. The van der Waals surface area contributed by atoms with Crippen LogP contribution in [0.4, 0.5) is 13.9 Å². The molecule has 1 aromatic carbocycles. The smallest absolute Gasteiger partial charge is 0.238 e. The number of hydrogen-bond donors (Lipinski definition) is 2. The average molecular weight is 381 g/mol. The molecule has 26 heavy (non-hydrogen) atoms. The number of nitrogens with two attached hydrogens (primary N) is 1. The Morgan fingerprint density at radius 3 is 2.31 bits per heavy atom. The van der Waals surface area contributed by atoms with Crippen LogP contribution < -0.4 is 11.1 Å². The highest BCUT2D eigenvalue weighted by atomic mass is 32.1. The monoisotopic (exact) mass is 381 g/mol. The lowest BCUT2D eigenvalue weighted by molar-refractivity contribution is -0.129. The lowest BCUT2D eigenvalue weighted by Gasteiger charge is -2.12. The number of amides is 2. The number of anilines is 1. The Bertz CT molecular complexity index is 857. The zero-order valence-electron chi connectivity index (χ0n) is 14.3. The van der Waals surface area contributed by atoms with E-state index in [0.29, 0.717) is 0 Å². The maximum Gasteiger partial charge on any atom is 0.238 e. The van der Waals surface area contributed by atoms with Crippen molar-refractivity contribution >= 4 is 34.1 Å². The quantitative estimate of drug-likeness (QED) is 0.593. The number of carbonyl (C=O) groups excluding carboxylic acids is 3. The summed E-state index contributed by atoms with van der Waals surface area (Å²) in [6.45, 7) is 3.76. The highest BCUT2D eigenvalue weighted by Gasteiger charge is 2.32. The zero-order valence-corrected chi connectivity index (χ0v) is 15.1. The van der Waals surface area contributed by atoms with Gasteiger partial charge in [0.1, 0.15) is 28.0 Å². The predicted molar refractivity (Wildman–Crippen MR) is 93.1 cm³/mol. The van der Waals surface area contributed by atoms with Gasteiger partial charge in [-0.2, -0.15) is 0 Å². The maximum absolute atomic E-state index is 14.5. The van der Waals surface area contributed by atoms with Crippen LogP contribution in [0.3, 0.4) is 0 Å². The summed E-state index contributed by atoms with van der Waals surface area (Å²) in [6.07, 6.45) is 0. The molecule has 0 aliphatic rings. The summed E-state index contributed by atoms with van der Waals surface area (Å²) in [7, 11) is 0. The number of aromatic nitrogens is 1. The van der Waals surface area contributed by atoms with Crippen LogP contribution in [0, 0.1) is 11.7 Å². The molecule has 9 heteroatoms. The summed E-state index contributed by atoms with van der Waals surface area (Å²) < 4.78 is 27.5. The van der Waals surface area contributed by atoms with Gasteiger partial charge in [-0.25, -0.2) is 13.8 Å². The first-order valence-corrected chi connectivity index (χ1v) is 8.43. The minimum atomic E-state index is -1.96. The minimum Gasteiger partial charge on any atom is -0.369 e. The normalized spacial score (nSPS) is 12.5. The summed E-state index contributed by atoms with van der Waals surface area (Å²) in [5, 5.41) is 2.33. The van der Waals surface area contributed by atoms with E-state index in [1.165, 1.54) is 32.9 Å². The molecule has 0 spiro atoms. The van der Waals surface area contributed by atoms with Gasteiger partial charge in [0.2, 0.25) is 17.6 Å². The average Bonchev–Trinajstić information content (AvgIpc) is 2.98. The van der Waals surface area contributed by atoms with Crippen molar-refractivity contribution in [2.24, 2.45) is 11.7 Å². The number of halogens is 2. The van der Waals surface area contributed by atoms with Crippen molar-refractivity contribution in [3.8, 4) is 0 Å². The van der Waals surface area contributed by atoms with Crippen molar-refractivity contribution in [3.63, 3.8) is 0 Å². The Balaban J connectivity index is 2.40. The first kappa shape index (κ1) is 19.6. The third kappa shape index (κ3) is 4.29. The van der Waals surface area contributed by atoms with Crippen LogP contribution in [0.1, 0.15) is 41.7 Å². The summed E-state index contributed by atoms with van der Waals surface area (Å²) in [5.41, 5.74) is 3.11. The number of hydrogen-bond acceptors (Lipinski definition) is 5. The van der Waals surface area contributed by atoms with Gasteiger partial charge in [-0.05, 0) is 45.0 Å². The van der Waals surface area contributed by atoms with Crippen LogP contribution >= 0.6 is 11.3 Å². The Morgan fingerprint density at radius 2 is 1.81 bits per heavy atom. The number of thiazole rings is 1. The van der Waals surface area contributed by atoms with E-state index < -0.39 is 35.0 Å². The van der Waals surface area contributed by atoms with Gasteiger partial charge in [0.25, 0.3) is 0 Å². The summed E-state index contributed by atoms with van der Waals surface area (Å²) in [4.78, 5) is 39.6. The lowest BCUT2D eigenvalue weighted by Crippen LogP contribution is -2.32. The molecule has 138 valence electrons. The summed E-state index contributed by atoms with van der Waals surface area (Å²) in [5.74, 6) is -3.71. The second-order valence-corrected chi connectivity index (χ2v) is 7.12. The van der Waals surface area contributed by atoms with Crippen molar-refractivity contribution in [1.29, 1.82) is 0 Å². The fraction of sp³-hybridized carbons (Fsp3) is 0.294. The van der Waals surface area contributed by atoms with Gasteiger partial charge in [0, 0.05) is 5.56 Å². The molecule has 3 N–H and O–H groups in total. The third-order valence-corrected chi connectivity index (χ3v) is 4.52. The molecule has 1 atom stereocenters. The molecule has 0 aliphatic heterocycles. The Morgan fingerprint density at radius 1 is 1.23 bits per heavy atom.